The molecule has 2 aromatic rings. The van der Waals surface area contributed by atoms with E-state index in [9.17, 15) is 18.0 Å². The Morgan fingerprint density at radius 1 is 1.08 bits per heavy atom. The number of carbonyl (C=O) groups excluding carboxylic acids is 2. The molecular weight excluding hydrogens is 482 g/mol. The summed E-state index contributed by atoms with van der Waals surface area (Å²) in [6.45, 7) is 7.19. The first-order valence-electron chi connectivity index (χ1n) is 11.8. The fraction of sp³-hybridized carbons (Fsp3) is 0.423. The monoisotopic (exact) mass is 515 g/mol. The molecule has 194 valence electrons. The Hall–Kier alpha value is -3.40. The Morgan fingerprint density at radius 3 is 2.28 bits per heavy atom. The van der Waals surface area contributed by atoms with Crippen LogP contribution in [0.1, 0.15) is 56.1 Å². The van der Waals surface area contributed by atoms with E-state index in [-0.39, 0.29) is 32.0 Å². The van der Waals surface area contributed by atoms with Crippen LogP contribution in [-0.4, -0.2) is 48.8 Å². The lowest BCUT2D eigenvalue weighted by Gasteiger charge is -2.30. The Kier molecular flexibility index (Phi) is 8.39. The van der Waals surface area contributed by atoms with Crippen LogP contribution in [0, 0.1) is 5.41 Å². The summed E-state index contributed by atoms with van der Waals surface area (Å²) < 4.78 is 37.7. The number of hydrogen-bond donors (Lipinski definition) is 2. The van der Waals surface area contributed by atoms with Gasteiger partial charge >= 0.3 is 6.09 Å². The third kappa shape index (κ3) is 6.42. The number of alkyl carbamates (subject to hydrolysis) is 1. The van der Waals surface area contributed by atoms with E-state index >= 15 is 0 Å². The molecule has 2 N–H and O–H groups in total. The van der Waals surface area contributed by atoms with Crippen molar-refractivity contribution in [1.29, 1.82) is 5.41 Å². The molecule has 36 heavy (non-hydrogen) atoms. The molecule has 0 aliphatic carbocycles. The first-order valence-corrected chi connectivity index (χ1v) is 13.3. The van der Waals surface area contributed by atoms with Gasteiger partial charge in [0.2, 0.25) is 21.8 Å². The van der Waals surface area contributed by atoms with Gasteiger partial charge in [-0.05, 0) is 44.4 Å². The Balaban J connectivity index is 1.70. The fourth-order valence-corrected chi connectivity index (χ4v) is 6.37. The van der Waals surface area contributed by atoms with Gasteiger partial charge in [0.25, 0.3) is 0 Å². The first kappa shape index (κ1) is 27.2. The van der Waals surface area contributed by atoms with Crippen molar-refractivity contribution >= 4 is 27.9 Å². The van der Waals surface area contributed by atoms with E-state index in [4.69, 9.17) is 14.9 Å². The minimum atomic E-state index is -3.83. The van der Waals surface area contributed by atoms with Crippen molar-refractivity contribution in [3.05, 3.63) is 71.3 Å². The van der Waals surface area contributed by atoms with Gasteiger partial charge in [-0.2, -0.15) is 0 Å². The summed E-state index contributed by atoms with van der Waals surface area (Å²) in [4.78, 5) is 24.9. The molecule has 2 aromatic carbocycles. The van der Waals surface area contributed by atoms with Gasteiger partial charge in [-0.1, -0.05) is 54.6 Å². The molecule has 1 saturated heterocycles. The predicted molar refractivity (Wildman–Crippen MR) is 136 cm³/mol. The summed E-state index contributed by atoms with van der Waals surface area (Å²) in [5.74, 6) is -0.525. The maximum absolute atomic E-state index is 13.1. The van der Waals surface area contributed by atoms with E-state index in [1.165, 1.54) is 0 Å². The number of nitrogens with one attached hydrogen (secondary N) is 2. The van der Waals surface area contributed by atoms with Crippen LogP contribution < -0.4 is 5.32 Å². The molecule has 2 amide bonds. The number of hydrogen-bond acceptors (Lipinski definition) is 7. The van der Waals surface area contributed by atoms with E-state index in [2.05, 4.69) is 5.32 Å². The van der Waals surface area contributed by atoms with Gasteiger partial charge < -0.3 is 14.8 Å². The number of carbonyl (C=O) groups is 2. The van der Waals surface area contributed by atoms with Crippen LogP contribution in [0.4, 0.5) is 4.79 Å². The molecule has 0 radical (unpaired) electrons. The Labute approximate surface area is 212 Å². The molecule has 1 fully saturated rings. The maximum Gasteiger partial charge on any atom is 0.408 e. The van der Waals surface area contributed by atoms with Crippen LogP contribution in [0.15, 0.2) is 54.6 Å². The van der Waals surface area contributed by atoms with E-state index in [1.54, 1.807) is 52.0 Å². The van der Waals surface area contributed by atoms with Crippen molar-refractivity contribution in [2.45, 2.75) is 64.0 Å². The van der Waals surface area contributed by atoms with Crippen molar-refractivity contribution in [3.8, 4) is 0 Å². The molecule has 0 aromatic heterocycles. The first-order chi connectivity index (χ1) is 16.9. The lowest BCUT2D eigenvalue weighted by molar-refractivity contribution is -0.128. The number of rotatable bonds is 8. The quantitative estimate of drug-likeness (QED) is 0.405. The highest BCUT2D eigenvalue weighted by atomic mass is 32.2. The second kappa shape index (κ2) is 11.1. The second-order valence-corrected chi connectivity index (χ2v) is 11.5. The lowest BCUT2D eigenvalue weighted by Crippen LogP contribution is -2.45. The molecule has 1 aliphatic heterocycles. The average molecular weight is 516 g/mol. The van der Waals surface area contributed by atoms with Crippen molar-refractivity contribution in [2.24, 2.45) is 0 Å². The number of benzene rings is 2. The molecular formula is C26H33N3O6S. The molecule has 0 spiro atoms. The second-order valence-electron chi connectivity index (χ2n) is 9.57. The summed E-state index contributed by atoms with van der Waals surface area (Å²) in [7, 11) is -3.83. The highest BCUT2D eigenvalue weighted by molar-refractivity contribution is 7.90. The zero-order valence-corrected chi connectivity index (χ0v) is 21.8. The summed E-state index contributed by atoms with van der Waals surface area (Å²) in [6, 6.07) is 15.3. The molecule has 0 bridgehead atoms. The summed E-state index contributed by atoms with van der Waals surface area (Å²) in [5, 5.41) is 9.93. The van der Waals surface area contributed by atoms with E-state index in [0.29, 0.717) is 5.56 Å². The third-order valence-electron chi connectivity index (χ3n) is 5.72. The van der Waals surface area contributed by atoms with E-state index in [1.807, 2.05) is 30.3 Å². The molecule has 10 heteroatoms. The van der Waals surface area contributed by atoms with Crippen LogP contribution in [0.3, 0.4) is 0 Å². The number of sulfonamides is 1. The Morgan fingerprint density at radius 2 is 1.72 bits per heavy atom. The van der Waals surface area contributed by atoms with Crippen molar-refractivity contribution in [3.63, 3.8) is 0 Å². The largest absolute Gasteiger partial charge is 0.480 e. The highest BCUT2D eigenvalue weighted by Crippen LogP contribution is 2.40. The molecule has 3 rings (SSSR count). The van der Waals surface area contributed by atoms with Gasteiger partial charge in [-0.15, -0.1) is 0 Å². The van der Waals surface area contributed by atoms with Gasteiger partial charge in [0, 0.05) is 6.42 Å². The van der Waals surface area contributed by atoms with Crippen molar-refractivity contribution in [1.82, 2.24) is 9.62 Å². The molecule has 0 saturated carbocycles. The molecule has 1 aliphatic rings. The summed E-state index contributed by atoms with van der Waals surface area (Å²) in [6.07, 6.45) is -0.544. The SMILES string of the molecule is CCOC(=N)C(Cc1ccc(C2CC(=O)N(C(C)(C)C)S2(=O)=O)cc1)NC(=O)OCc1ccccc1. The van der Waals surface area contributed by atoms with Crippen molar-refractivity contribution in [2.75, 3.05) is 6.61 Å². The van der Waals surface area contributed by atoms with Gasteiger partial charge in [0.05, 0.1) is 18.6 Å². The van der Waals surface area contributed by atoms with Crippen LogP contribution in [-0.2, 0) is 37.3 Å². The minimum Gasteiger partial charge on any atom is -0.480 e. The number of amides is 2. The summed E-state index contributed by atoms with van der Waals surface area (Å²) >= 11 is 0. The summed E-state index contributed by atoms with van der Waals surface area (Å²) in [5.41, 5.74) is 1.28. The van der Waals surface area contributed by atoms with Gasteiger partial charge in [0.1, 0.15) is 17.9 Å². The average Bonchev–Trinajstić information content (AvgIpc) is 3.07. The van der Waals surface area contributed by atoms with Gasteiger partial charge in [-0.25, -0.2) is 17.5 Å². The van der Waals surface area contributed by atoms with Crippen LogP contribution in [0.2, 0.25) is 0 Å². The van der Waals surface area contributed by atoms with Gasteiger partial charge in [0.15, 0.2) is 0 Å². The maximum atomic E-state index is 13.1. The topological polar surface area (TPSA) is 126 Å². The van der Waals surface area contributed by atoms with Crippen LogP contribution in [0.5, 0.6) is 0 Å². The predicted octanol–water partition coefficient (Wildman–Crippen LogP) is 3.94. The zero-order chi connectivity index (χ0) is 26.5. The Bertz CT molecular complexity index is 1190. The zero-order valence-electron chi connectivity index (χ0n) is 21.0. The van der Waals surface area contributed by atoms with Crippen molar-refractivity contribution < 1.29 is 27.5 Å². The highest BCUT2D eigenvalue weighted by Gasteiger charge is 2.49. The van der Waals surface area contributed by atoms with E-state index in [0.717, 1.165) is 15.4 Å². The number of nitrogens with zero attached hydrogens (tertiary/aromatic N) is 1. The minimum absolute atomic E-state index is 0.0935. The standard InChI is InChI=1S/C26H33N3O6S/c1-5-34-24(27)21(28-25(31)35-17-19-9-7-6-8-10-19)15-18-11-13-20(14-12-18)22-16-23(30)29(26(2,3)4)36(22,32)33/h6-14,21-22,27H,5,15-17H2,1-4H3,(H,28,31). The lowest BCUT2D eigenvalue weighted by atomic mass is 10.0. The third-order valence-corrected chi connectivity index (χ3v) is 8.14. The normalized spacial score (nSPS) is 17.9. The molecule has 9 nitrogen and oxygen atoms in total. The fourth-order valence-electron chi connectivity index (χ4n) is 4.14. The van der Waals surface area contributed by atoms with Crippen LogP contribution in [0.25, 0.3) is 0 Å². The smallest absolute Gasteiger partial charge is 0.408 e. The molecule has 1 heterocycles. The molecule has 2 atom stereocenters. The van der Waals surface area contributed by atoms with Crippen LogP contribution >= 0.6 is 0 Å². The molecule has 2 unspecified atom stereocenters. The number of ether oxygens (including phenoxy) is 2. The van der Waals surface area contributed by atoms with E-state index < -0.39 is 38.9 Å². The van der Waals surface area contributed by atoms with Gasteiger partial charge in [-0.3, -0.25) is 10.2 Å².